The molecule has 2 aromatic rings. The van der Waals surface area contributed by atoms with E-state index in [1.54, 1.807) is 12.1 Å². The second-order valence-electron chi connectivity index (χ2n) is 6.77. The summed E-state index contributed by atoms with van der Waals surface area (Å²) in [6, 6.07) is 5.48. The van der Waals surface area contributed by atoms with Gasteiger partial charge in [0.1, 0.15) is 5.82 Å². The zero-order valence-corrected chi connectivity index (χ0v) is 16.4. The Morgan fingerprint density at radius 1 is 1.12 bits per heavy atom. The van der Waals surface area contributed by atoms with E-state index in [1.807, 2.05) is 10.7 Å². The van der Waals surface area contributed by atoms with Crippen LogP contribution in [-0.4, -0.2) is 21.4 Å². The number of fused-ring (bicyclic) bond motifs is 1. The van der Waals surface area contributed by atoms with Gasteiger partial charge in [-0.3, -0.25) is 19.4 Å². The number of H-pyrrole nitrogens is 1. The zero-order chi connectivity index (χ0) is 18.3. The van der Waals surface area contributed by atoms with Crippen molar-refractivity contribution >= 4 is 46.7 Å². The highest BCUT2D eigenvalue weighted by Crippen LogP contribution is 2.44. The van der Waals surface area contributed by atoms with Gasteiger partial charge in [0.15, 0.2) is 0 Å². The summed E-state index contributed by atoms with van der Waals surface area (Å²) in [4.78, 5) is 25.1. The third-order valence-corrected chi connectivity index (χ3v) is 6.86. The van der Waals surface area contributed by atoms with Gasteiger partial charge >= 0.3 is 0 Å². The van der Waals surface area contributed by atoms with Crippen molar-refractivity contribution in [1.82, 2.24) is 9.78 Å². The normalized spacial score (nSPS) is 21.2. The molecule has 138 valence electrons. The molecule has 1 aromatic heterocycles. The molecule has 1 atom stereocenters. The van der Waals surface area contributed by atoms with E-state index in [1.165, 1.54) is 18.2 Å². The van der Waals surface area contributed by atoms with Crippen molar-refractivity contribution in [2.24, 2.45) is 0 Å². The van der Waals surface area contributed by atoms with Gasteiger partial charge in [0.25, 0.3) is 5.56 Å². The monoisotopic (exact) mass is 411 g/mol. The maximum atomic E-state index is 12.8. The highest BCUT2D eigenvalue weighted by atomic mass is 35.5. The summed E-state index contributed by atoms with van der Waals surface area (Å²) >= 11 is 13.8. The SMILES string of the molecule is O=C1CS[C@H](c2ccc(Cl)cc2Cl)c2c(n(C3CCCCC3)[nH]c2=O)N1. The molecule has 2 heterocycles. The molecule has 1 fully saturated rings. The number of amides is 1. The number of hydrogen-bond donors (Lipinski definition) is 2. The van der Waals surface area contributed by atoms with E-state index in [-0.39, 0.29) is 28.5 Å². The molecule has 1 aliphatic carbocycles. The lowest BCUT2D eigenvalue weighted by Gasteiger charge is -2.24. The molecule has 0 unspecified atom stereocenters. The second kappa shape index (κ2) is 7.33. The fourth-order valence-electron chi connectivity index (χ4n) is 3.82. The zero-order valence-electron chi connectivity index (χ0n) is 14.1. The fourth-order valence-corrected chi connectivity index (χ4v) is 5.56. The molecule has 0 radical (unpaired) electrons. The van der Waals surface area contributed by atoms with Crippen molar-refractivity contribution in [3.8, 4) is 0 Å². The maximum Gasteiger partial charge on any atom is 0.270 e. The van der Waals surface area contributed by atoms with Crippen LogP contribution in [0.2, 0.25) is 10.0 Å². The number of carbonyl (C=O) groups is 1. The lowest BCUT2D eigenvalue weighted by molar-refractivity contribution is -0.113. The summed E-state index contributed by atoms with van der Waals surface area (Å²) < 4.78 is 1.87. The summed E-state index contributed by atoms with van der Waals surface area (Å²) in [6.45, 7) is 0. The molecule has 1 aromatic carbocycles. The molecular formula is C18H19Cl2N3O2S. The molecule has 4 rings (SSSR count). The number of halogens is 2. The molecule has 8 heteroatoms. The Bertz CT molecular complexity index is 902. The van der Waals surface area contributed by atoms with Crippen molar-refractivity contribution < 1.29 is 4.79 Å². The van der Waals surface area contributed by atoms with Crippen LogP contribution < -0.4 is 10.9 Å². The van der Waals surface area contributed by atoms with E-state index in [0.29, 0.717) is 21.4 Å². The average molecular weight is 412 g/mol. The summed E-state index contributed by atoms with van der Waals surface area (Å²) in [5.74, 6) is 0.753. The first-order chi connectivity index (χ1) is 12.5. The number of hydrogen-bond acceptors (Lipinski definition) is 3. The van der Waals surface area contributed by atoms with Crippen LogP contribution in [0.5, 0.6) is 0 Å². The van der Waals surface area contributed by atoms with Crippen molar-refractivity contribution in [3.05, 3.63) is 49.7 Å². The number of anilines is 1. The Hall–Kier alpha value is -1.37. The molecule has 1 saturated carbocycles. The van der Waals surface area contributed by atoms with E-state index < -0.39 is 0 Å². The average Bonchev–Trinajstić information content (AvgIpc) is 2.83. The Morgan fingerprint density at radius 2 is 1.88 bits per heavy atom. The molecule has 0 saturated heterocycles. The Balaban J connectivity index is 1.84. The van der Waals surface area contributed by atoms with Gasteiger partial charge in [-0.15, -0.1) is 11.8 Å². The van der Waals surface area contributed by atoms with Crippen molar-refractivity contribution in [2.75, 3.05) is 11.1 Å². The molecule has 1 amide bonds. The van der Waals surface area contributed by atoms with Crippen LogP contribution in [0.3, 0.4) is 0 Å². The molecule has 2 aliphatic rings. The van der Waals surface area contributed by atoms with Crippen LogP contribution in [0, 0.1) is 0 Å². The molecular weight excluding hydrogens is 393 g/mol. The molecule has 0 spiro atoms. The van der Waals surface area contributed by atoms with Gasteiger partial charge in [-0.2, -0.15) is 0 Å². The third-order valence-electron chi connectivity index (χ3n) is 5.05. The van der Waals surface area contributed by atoms with E-state index in [9.17, 15) is 9.59 Å². The van der Waals surface area contributed by atoms with Crippen LogP contribution in [0.25, 0.3) is 0 Å². The summed E-state index contributed by atoms with van der Waals surface area (Å²) in [5, 5.41) is 6.64. The Kier molecular flexibility index (Phi) is 5.08. The minimum atomic E-state index is -0.317. The molecule has 2 N–H and O–H groups in total. The molecule has 5 nitrogen and oxygen atoms in total. The van der Waals surface area contributed by atoms with E-state index in [0.717, 1.165) is 31.2 Å². The van der Waals surface area contributed by atoms with Gasteiger partial charge in [-0.25, -0.2) is 0 Å². The number of nitrogens with one attached hydrogen (secondary N) is 2. The lowest BCUT2D eigenvalue weighted by atomic mass is 9.95. The lowest BCUT2D eigenvalue weighted by Crippen LogP contribution is -2.21. The van der Waals surface area contributed by atoms with Crippen molar-refractivity contribution in [3.63, 3.8) is 0 Å². The maximum absolute atomic E-state index is 12.8. The van der Waals surface area contributed by atoms with E-state index >= 15 is 0 Å². The van der Waals surface area contributed by atoms with Crippen molar-refractivity contribution in [2.45, 2.75) is 43.4 Å². The third kappa shape index (κ3) is 3.30. The first-order valence-corrected chi connectivity index (χ1v) is 10.6. The largest absolute Gasteiger partial charge is 0.310 e. The van der Waals surface area contributed by atoms with Crippen LogP contribution in [0.4, 0.5) is 5.82 Å². The highest BCUT2D eigenvalue weighted by Gasteiger charge is 2.33. The van der Waals surface area contributed by atoms with Crippen LogP contribution in [0.1, 0.15) is 54.5 Å². The topological polar surface area (TPSA) is 66.9 Å². The number of rotatable bonds is 2. The number of benzene rings is 1. The predicted octanol–water partition coefficient (Wildman–Crippen LogP) is 4.76. The Morgan fingerprint density at radius 3 is 2.62 bits per heavy atom. The standard InChI is InChI=1S/C18H19Cl2N3O2S/c19-10-6-7-12(13(20)8-10)16-15-17(21-14(24)9-26-16)23(22-18(15)25)11-4-2-1-3-5-11/h6-8,11,16H,1-5,9H2,(H,21,24)(H,22,25)/t16-/m1/s1. The minimum Gasteiger partial charge on any atom is -0.310 e. The number of nitrogens with zero attached hydrogens (tertiary/aromatic N) is 1. The second-order valence-corrected chi connectivity index (χ2v) is 8.71. The van der Waals surface area contributed by atoms with Crippen LogP contribution >= 0.6 is 35.0 Å². The predicted molar refractivity (Wildman–Crippen MR) is 107 cm³/mol. The van der Waals surface area contributed by atoms with E-state index in [4.69, 9.17) is 23.2 Å². The van der Waals surface area contributed by atoms with Crippen molar-refractivity contribution in [1.29, 1.82) is 0 Å². The summed E-state index contributed by atoms with van der Waals surface area (Å²) in [6.07, 6.45) is 5.50. The Labute approximate surface area is 165 Å². The van der Waals surface area contributed by atoms with Gasteiger partial charge in [0.2, 0.25) is 5.91 Å². The van der Waals surface area contributed by atoms with Gasteiger partial charge in [-0.1, -0.05) is 48.5 Å². The number of aromatic nitrogens is 2. The number of thioether (sulfide) groups is 1. The van der Waals surface area contributed by atoms with Gasteiger partial charge < -0.3 is 5.32 Å². The fraction of sp³-hybridized carbons (Fsp3) is 0.444. The first-order valence-electron chi connectivity index (χ1n) is 8.75. The molecule has 1 aliphatic heterocycles. The van der Waals surface area contributed by atoms with Crippen LogP contribution in [-0.2, 0) is 4.79 Å². The molecule has 0 bridgehead atoms. The number of aromatic amines is 1. The minimum absolute atomic E-state index is 0.104. The van der Waals surface area contributed by atoms with Crippen LogP contribution in [0.15, 0.2) is 23.0 Å². The first kappa shape index (κ1) is 18.0. The number of carbonyl (C=O) groups excluding carboxylic acids is 1. The van der Waals surface area contributed by atoms with Gasteiger partial charge in [-0.05, 0) is 30.5 Å². The van der Waals surface area contributed by atoms with Gasteiger partial charge in [0.05, 0.1) is 22.6 Å². The summed E-state index contributed by atoms with van der Waals surface area (Å²) in [5.41, 5.74) is 1.19. The van der Waals surface area contributed by atoms with E-state index in [2.05, 4.69) is 10.4 Å². The van der Waals surface area contributed by atoms with Gasteiger partial charge in [0, 0.05) is 10.0 Å². The highest BCUT2D eigenvalue weighted by molar-refractivity contribution is 8.00. The quantitative estimate of drug-likeness (QED) is 0.747. The summed E-state index contributed by atoms with van der Waals surface area (Å²) in [7, 11) is 0. The smallest absolute Gasteiger partial charge is 0.270 e. The molecule has 26 heavy (non-hydrogen) atoms.